The third-order valence-electron chi connectivity index (χ3n) is 3.62. The van der Waals surface area contributed by atoms with E-state index in [1.54, 1.807) is 11.5 Å². The van der Waals surface area contributed by atoms with E-state index >= 15 is 0 Å². The van der Waals surface area contributed by atoms with Crippen LogP contribution in [0, 0.1) is 0 Å². The number of hydrogen-bond acceptors (Lipinski definition) is 4. The van der Waals surface area contributed by atoms with Gasteiger partial charge in [-0.1, -0.05) is 41.1 Å². The van der Waals surface area contributed by atoms with E-state index in [0.717, 1.165) is 32.1 Å². The molecule has 114 valence electrons. The SMILES string of the molecule is CC(=O)n1c2ccccc2c2nc(Nc3ccc(Cl)cc3)sc21. The number of carbonyl (C=O) groups excluding carboxylic acids is 1. The number of nitrogens with one attached hydrogen (secondary N) is 1. The Morgan fingerprint density at radius 3 is 2.65 bits per heavy atom. The maximum absolute atomic E-state index is 12.0. The first-order valence-electron chi connectivity index (χ1n) is 7.07. The number of fused-ring (bicyclic) bond motifs is 3. The molecule has 0 aliphatic rings. The lowest BCUT2D eigenvalue weighted by Crippen LogP contribution is -2.03. The van der Waals surface area contributed by atoms with Gasteiger partial charge in [-0.25, -0.2) is 4.98 Å². The first-order valence-corrected chi connectivity index (χ1v) is 8.26. The molecule has 0 amide bonds. The third kappa shape index (κ3) is 2.38. The molecule has 4 aromatic rings. The van der Waals surface area contributed by atoms with Gasteiger partial charge in [-0.2, -0.15) is 0 Å². The fourth-order valence-corrected chi connectivity index (χ4v) is 3.83. The van der Waals surface area contributed by atoms with E-state index in [4.69, 9.17) is 11.6 Å². The summed E-state index contributed by atoms with van der Waals surface area (Å²) in [5, 5.41) is 5.68. The van der Waals surface area contributed by atoms with E-state index in [2.05, 4.69) is 10.3 Å². The lowest BCUT2D eigenvalue weighted by molar-refractivity contribution is 0.0947. The van der Waals surface area contributed by atoms with Crippen LogP contribution >= 0.6 is 22.9 Å². The highest BCUT2D eigenvalue weighted by atomic mass is 35.5. The van der Waals surface area contributed by atoms with Crippen molar-refractivity contribution in [2.45, 2.75) is 6.92 Å². The van der Waals surface area contributed by atoms with Gasteiger partial charge < -0.3 is 5.32 Å². The van der Waals surface area contributed by atoms with Gasteiger partial charge in [0.05, 0.1) is 5.52 Å². The molecule has 0 aliphatic heterocycles. The molecule has 2 heterocycles. The lowest BCUT2D eigenvalue weighted by Gasteiger charge is -2.02. The summed E-state index contributed by atoms with van der Waals surface area (Å²) in [4.78, 5) is 17.6. The van der Waals surface area contributed by atoms with Gasteiger partial charge in [0.2, 0.25) is 5.91 Å². The van der Waals surface area contributed by atoms with Crippen molar-refractivity contribution in [1.29, 1.82) is 0 Å². The zero-order valence-corrected chi connectivity index (χ0v) is 13.8. The molecule has 0 saturated heterocycles. The molecule has 0 radical (unpaired) electrons. The van der Waals surface area contributed by atoms with Crippen molar-refractivity contribution in [2.75, 3.05) is 5.32 Å². The maximum atomic E-state index is 12.0. The van der Waals surface area contributed by atoms with Crippen LogP contribution in [0.2, 0.25) is 5.02 Å². The third-order valence-corrected chi connectivity index (χ3v) is 4.83. The number of para-hydroxylation sites is 1. The van der Waals surface area contributed by atoms with Crippen LogP contribution in [0.3, 0.4) is 0 Å². The molecule has 0 fully saturated rings. The van der Waals surface area contributed by atoms with Gasteiger partial charge in [-0.15, -0.1) is 0 Å². The zero-order valence-electron chi connectivity index (χ0n) is 12.2. The van der Waals surface area contributed by atoms with Gasteiger partial charge in [-0.3, -0.25) is 9.36 Å². The van der Waals surface area contributed by atoms with Crippen molar-refractivity contribution in [3.63, 3.8) is 0 Å². The number of benzene rings is 2. The largest absolute Gasteiger partial charge is 0.331 e. The molecule has 4 rings (SSSR count). The Morgan fingerprint density at radius 1 is 1.17 bits per heavy atom. The summed E-state index contributed by atoms with van der Waals surface area (Å²) in [7, 11) is 0. The van der Waals surface area contributed by atoms with Gasteiger partial charge in [0.1, 0.15) is 10.3 Å². The molecule has 0 atom stereocenters. The summed E-state index contributed by atoms with van der Waals surface area (Å²) in [6.45, 7) is 1.57. The smallest absolute Gasteiger partial charge is 0.229 e. The minimum absolute atomic E-state index is 0.0158. The molecule has 2 aromatic carbocycles. The number of aromatic nitrogens is 2. The van der Waals surface area contributed by atoms with E-state index in [1.807, 2.05) is 48.5 Å². The molecule has 1 N–H and O–H groups in total. The summed E-state index contributed by atoms with van der Waals surface area (Å²) < 4.78 is 1.72. The predicted octanol–water partition coefficient (Wildman–Crippen LogP) is 5.31. The summed E-state index contributed by atoms with van der Waals surface area (Å²) >= 11 is 7.36. The van der Waals surface area contributed by atoms with Crippen LogP contribution in [-0.4, -0.2) is 15.5 Å². The van der Waals surface area contributed by atoms with Gasteiger partial charge in [-0.05, 0) is 30.3 Å². The van der Waals surface area contributed by atoms with Crippen molar-refractivity contribution in [2.24, 2.45) is 0 Å². The van der Waals surface area contributed by atoms with E-state index in [-0.39, 0.29) is 5.91 Å². The topological polar surface area (TPSA) is 46.9 Å². The van der Waals surface area contributed by atoms with E-state index in [9.17, 15) is 4.79 Å². The number of rotatable bonds is 2. The molecule has 0 unspecified atom stereocenters. The fraction of sp³-hybridized carbons (Fsp3) is 0.0588. The number of anilines is 2. The summed E-state index contributed by atoms with van der Waals surface area (Å²) in [5.74, 6) is -0.0158. The highest BCUT2D eigenvalue weighted by Gasteiger charge is 2.17. The van der Waals surface area contributed by atoms with Crippen LogP contribution in [-0.2, 0) is 0 Å². The molecule has 4 nitrogen and oxygen atoms in total. The summed E-state index contributed by atoms with van der Waals surface area (Å²) in [6.07, 6.45) is 0. The van der Waals surface area contributed by atoms with E-state index in [1.165, 1.54) is 11.3 Å². The Morgan fingerprint density at radius 2 is 1.91 bits per heavy atom. The second-order valence-corrected chi connectivity index (χ2v) is 6.59. The minimum atomic E-state index is -0.0158. The van der Waals surface area contributed by atoms with Gasteiger partial charge in [0.15, 0.2) is 5.13 Å². The highest BCUT2D eigenvalue weighted by Crippen LogP contribution is 2.35. The fourth-order valence-electron chi connectivity index (χ4n) is 2.64. The van der Waals surface area contributed by atoms with Gasteiger partial charge in [0, 0.05) is 23.0 Å². The standard InChI is InChI=1S/C17H12ClN3OS/c1-10(22)21-14-5-3-2-4-13(14)15-16(21)23-17(20-15)19-12-8-6-11(18)7-9-12/h2-9H,1H3,(H,19,20). The van der Waals surface area contributed by atoms with Crippen LogP contribution < -0.4 is 5.32 Å². The van der Waals surface area contributed by atoms with Crippen LogP contribution in [0.1, 0.15) is 11.7 Å². The average molecular weight is 342 g/mol. The Balaban J connectivity index is 1.86. The van der Waals surface area contributed by atoms with Crippen molar-refractivity contribution in [3.8, 4) is 0 Å². The van der Waals surface area contributed by atoms with Crippen molar-refractivity contribution in [3.05, 3.63) is 53.6 Å². The Bertz CT molecular complexity index is 1030. The lowest BCUT2D eigenvalue weighted by atomic mass is 10.2. The van der Waals surface area contributed by atoms with Crippen molar-refractivity contribution in [1.82, 2.24) is 9.55 Å². The molecule has 0 bridgehead atoms. The van der Waals surface area contributed by atoms with Crippen LogP contribution in [0.15, 0.2) is 48.5 Å². The molecular weight excluding hydrogens is 330 g/mol. The van der Waals surface area contributed by atoms with E-state index in [0.29, 0.717) is 5.02 Å². The second kappa shape index (κ2) is 5.37. The quantitative estimate of drug-likeness (QED) is 0.537. The normalized spacial score (nSPS) is 11.2. The van der Waals surface area contributed by atoms with Crippen LogP contribution in [0.25, 0.3) is 21.3 Å². The first kappa shape index (κ1) is 14.2. The summed E-state index contributed by atoms with van der Waals surface area (Å²) in [6, 6.07) is 15.2. The molecule has 0 spiro atoms. The molecular formula is C17H12ClN3OS. The van der Waals surface area contributed by atoms with Crippen molar-refractivity contribution >= 4 is 60.9 Å². The molecule has 0 saturated carbocycles. The van der Waals surface area contributed by atoms with Gasteiger partial charge in [0.25, 0.3) is 0 Å². The Hall–Kier alpha value is -2.37. The molecule has 23 heavy (non-hydrogen) atoms. The number of nitrogens with zero attached hydrogens (tertiary/aromatic N) is 2. The molecule has 0 aliphatic carbocycles. The average Bonchev–Trinajstić information content (AvgIpc) is 3.05. The van der Waals surface area contributed by atoms with Gasteiger partial charge >= 0.3 is 0 Å². The molecule has 6 heteroatoms. The Labute approximate surface area is 141 Å². The zero-order chi connectivity index (χ0) is 16.0. The maximum Gasteiger partial charge on any atom is 0.229 e. The monoisotopic (exact) mass is 341 g/mol. The number of carbonyl (C=O) groups is 1. The first-order chi connectivity index (χ1) is 11.1. The van der Waals surface area contributed by atoms with Crippen molar-refractivity contribution < 1.29 is 4.79 Å². The van der Waals surface area contributed by atoms with Crippen LogP contribution in [0.4, 0.5) is 10.8 Å². The molecule has 2 aromatic heterocycles. The summed E-state index contributed by atoms with van der Waals surface area (Å²) in [5.41, 5.74) is 2.65. The number of halogens is 1. The number of thiazole rings is 1. The van der Waals surface area contributed by atoms with Crippen LogP contribution in [0.5, 0.6) is 0 Å². The van der Waals surface area contributed by atoms with E-state index < -0.39 is 0 Å². The highest BCUT2D eigenvalue weighted by molar-refractivity contribution is 7.22. The Kier molecular flexibility index (Phi) is 3.32. The predicted molar refractivity (Wildman–Crippen MR) is 96.2 cm³/mol. The second-order valence-electron chi connectivity index (χ2n) is 5.18. The number of hydrogen-bond donors (Lipinski definition) is 1. The minimum Gasteiger partial charge on any atom is -0.331 e.